The minimum absolute atomic E-state index is 0. The second-order valence-corrected chi connectivity index (χ2v) is 4.60. The highest BCUT2D eigenvalue weighted by atomic mass is 35.5. The molecule has 0 fully saturated rings. The number of nitrogens with one attached hydrogen (secondary N) is 1. The summed E-state index contributed by atoms with van der Waals surface area (Å²) >= 11 is 0. The van der Waals surface area contributed by atoms with Gasteiger partial charge in [-0.15, -0.1) is 19.0 Å². The average molecular weight is 294 g/mol. The van der Waals surface area contributed by atoms with E-state index < -0.39 is 0 Å². The van der Waals surface area contributed by atoms with E-state index in [1.165, 1.54) is 0 Å². The first-order valence-corrected chi connectivity index (χ1v) is 6.27. The molecule has 2 rings (SSSR count). The van der Waals surface area contributed by atoms with E-state index >= 15 is 0 Å². The standard InChI is InChI=1S/C16H19NO2.ClH/c1-12(2)11-15(16-5-4-10-19-16)17-13-6-8-14(18-3)9-7-13;/h4-10,15,17H,1,11H2,2-3H3;1H. The molecule has 1 heterocycles. The zero-order valence-electron chi connectivity index (χ0n) is 11.8. The molecule has 3 nitrogen and oxygen atoms in total. The molecule has 0 saturated carbocycles. The Morgan fingerprint density at radius 2 is 2.00 bits per heavy atom. The molecule has 20 heavy (non-hydrogen) atoms. The Morgan fingerprint density at radius 3 is 2.50 bits per heavy atom. The first-order chi connectivity index (χ1) is 9.19. The molecule has 1 unspecified atom stereocenters. The second-order valence-electron chi connectivity index (χ2n) is 4.60. The van der Waals surface area contributed by atoms with Gasteiger partial charge in [0.25, 0.3) is 0 Å². The molecule has 1 N–H and O–H groups in total. The second kappa shape index (κ2) is 7.65. The van der Waals surface area contributed by atoms with E-state index in [1.54, 1.807) is 13.4 Å². The number of methoxy groups -OCH3 is 1. The van der Waals surface area contributed by atoms with Crippen molar-refractivity contribution in [2.75, 3.05) is 12.4 Å². The molecule has 4 heteroatoms. The SMILES string of the molecule is C=C(C)CC(Nc1ccc(OC)cc1)c1ccco1.Cl. The van der Waals surface area contributed by atoms with Crippen LogP contribution in [0.5, 0.6) is 5.75 Å². The summed E-state index contributed by atoms with van der Waals surface area (Å²) in [7, 11) is 1.66. The summed E-state index contributed by atoms with van der Waals surface area (Å²) in [6.45, 7) is 5.99. The van der Waals surface area contributed by atoms with E-state index in [4.69, 9.17) is 9.15 Å². The number of benzene rings is 1. The first kappa shape index (κ1) is 16.2. The Balaban J connectivity index is 0.00000200. The summed E-state index contributed by atoms with van der Waals surface area (Å²) in [4.78, 5) is 0. The number of anilines is 1. The normalized spacial score (nSPS) is 11.3. The Bertz CT molecular complexity index is 520. The molecule has 0 spiro atoms. The van der Waals surface area contributed by atoms with Gasteiger partial charge in [-0.2, -0.15) is 0 Å². The third-order valence-electron chi connectivity index (χ3n) is 2.87. The maximum atomic E-state index is 5.49. The van der Waals surface area contributed by atoms with Crippen LogP contribution in [-0.4, -0.2) is 7.11 Å². The summed E-state index contributed by atoms with van der Waals surface area (Å²) in [5.74, 6) is 1.76. The van der Waals surface area contributed by atoms with Gasteiger partial charge < -0.3 is 14.5 Å². The molecule has 0 aliphatic heterocycles. The molecule has 0 radical (unpaired) electrons. The molecule has 0 aliphatic rings. The molecule has 1 atom stereocenters. The maximum absolute atomic E-state index is 5.49. The molecule has 2 aromatic rings. The summed E-state index contributed by atoms with van der Waals surface area (Å²) < 4.78 is 10.6. The monoisotopic (exact) mass is 293 g/mol. The van der Waals surface area contributed by atoms with Crippen LogP contribution < -0.4 is 10.1 Å². The minimum atomic E-state index is 0. The van der Waals surface area contributed by atoms with Crippen LogP contribution in [0.2, 0.25) is 0 Å². The van der Waals surface area contributed by atoms with Gasteiger partial charge in [-0.3, -0.25) is 0 Å². The minimum Gasteiger partial charge on any atom is -0.497 e. The van der Waals surface area contributed by atoms with Gasteiger partial charge in [-0.05, 0) is 49.7 Å². The van der Waals surface area contributed by atoms with Crippen molar-refractivity contribution >= 4 is 18.1 Å². The van der Waals surface area contributed by atoms with Crippen LogP contribution in [-0.2, 0) is 0 Å². The molecule has 1 aromatic carbocycles. The summed E-state index contributed by atoms with van der Waals surface area (Å²) in [5.41, 5.74) is 2.14. The van der Waals surface area contributed by atoms with E-state index in [-0.39, 0.29) is 18.4 Å². The Labute approximate surface area is 126 Å². The van der Waals surface area contributed by atoms with Crippen LogP contribution in [0.3, 0.4) is 0 Å². The van der Waals surface area contributed by atoms with Crippen molar-refractivity contribution in [3.8, 4) is 5.75 Å². The lowest BCUT2D eigenvalue weighted by atomic mass is 10.1. The lowest BCUT2D eigenvalue weighted by molar-refractivity contribution is 0.415. The lowest BCUT2D eigenvalue weighted by Gasteiger charge is -2.18. The quantitative estimate of drug-likeness (QED) is 0.775. The lowest BCUT2D eigenvalue weighted by Crippen LogP contribution is -2.10. The Kier molecular flexibility index (Phi) is 6.19. The molecule has 1 aromatic heterocycles. The highest BCUT2D eigenvalue weighted by Gasteiger charge is 2.14. The number of furan rings is 1. The van der Waals surface area contributed by atoms with Crippen LogP contribution >= 0.6 is 12.4 Å². The van der Waals surface area contributed by atoms with Crippen molar-refractivity contribution in [2.24, 2.45) is 0 Å². The third-order valence-corrected chi connectivity index (χ3v) is 2.87. The first-order valence-electron chi connectivity index (χ1n) is 6.27. The Morgan fingerprint density at radius 1 is 1.30 bits per heavy atom. The number of hydrogen-bond donors (Lipinski definition) is 1. The zero-order chi connectivity index (χ0) is 13.7. The van der Waals surface area contributed by atoms with Crippen LogP contribution in [0.1, 0.15) is 25.1 Å². The van der Waals surface area contributed by atoms with E-state index in [0.717, 1.165) is 29.2 Å². The molecular weight excluding hydrogens is 274 g/mol. The molecule has 0 bridgehead atoms. The molecule has 0 saturated heterocycles. The van der Waals surface area contributed by atoms with Crippen molar-refractivity contribution in [3.05, 3.63) is 60.6 Å². The van der Waals surface area contributed by atoms with Crippen LogP contribution in [0.15, 0.2) is 59.2 Å². The number of ether oxygens (including phenoxy) is 1. The Hall–Kier alpha value is -1.87. The summed E-state index contributed by atoms with van der Waals surface area (Å²) in [6.07, 6.45) is 2.52. The highest BCUT2D eigenvalue weighted by Crippen LogP contribution is 2.26. The zero-order valence-corrected chi connectivity index (χ0v) is 12.6. The number of hydrogen-bond acceptors (Lipinski definition) is 3. The number of halogens is 1. The van der Waals surface area contributed by atoms with Crippen molar-refractivity contribution < 1.29 is 9.15 Å². The summed E-state index contributed by atoms with van der Waals surface area (Å²) in [6, 6.07) is 11.8. The third kappa shape index (κ3) is 4.35. The van der Waals surface area contributed by atoms with E-state index in [1.807, 2.05) is 43.3 Å². The smallest absolute Gasteiger partial charge is 0.126 e. The highest BCUT2D eigenvalue weighted by molar-refractivity contribution is 5.85. The summed E-state index contributed by atoms with van der Waals surface area (Å²) in [5, 5.41) is 3.45. The van der Waals surface area contributed by atoms with Gasteiger partial charge in [0.15, 0.2) is 0 Å². The predicted molar refractivity (Wildman–Crippen MR) is 84.7 cm³/mol. The van der Waals surface area contributed by atoms with Crippen LogP contribution in [0.25, 0.3) is 0 Å². The fourth-order valence-electron chi connectivity index (χ4n) is 1.95. The van der Waals surface area contributed by atoms with Gasteiger partial charge in [0, 0.05) is 5.69 Å². The van der Waals surface area contributed by atoms with Crippen molar-refractivity contribution in [3.63, 3.8) is 0 Å². The largest absolute Gasteiger partial charge is 0.497 e. The van der Waals surface area contributed by atoms with Gasteiger partial charge in [0.2, 0.25) is 0 Å². The average Bonchev–Trinajstić information content (AvgIpc) is 2.92. The van der Waals surface area contributed by atoms with Gasteiger partial charge in [-0.1, -0.05) is 5.57 Å². The van der Waals surface area contributed by atoms with E-state index in [2.05, 4.69) is 11.9 Å². The van der Waals surface area contributed by atoms with Crippen molar-refractivity contribution in [2.45, 2.75) is 19.4 Å². The van der Waals surface area contributed by atoms with Gasteiger partial charge in [0.1, 0.15) is 11.5 Å². The van der Waals surface area contributed by atoms with Crippen LogP contribution in [0, 0.1) is 0 Å². The fourth-order valence-corrected chi connectivity index (χ4v) is 1.95. The molecule has 108 valence electrons. The van der Waals surface area contributed by atoms with Gasteiger partial charge in [0.05, 0.1) is 19.4 Å². The molecular formula is C16H20ClNO2. The molecule has 0 aliphatic carbocycles. The van der Waals surface area contributed by atoms with Gasteiger partial charge in [-0.25, -0.2) is 0 Å². The topological polar surface area (TPSA) is 34.4 Å². The fraction of sp³-hybridized carbons (Fsp3) is 0.250. The molecule has 0 amide bonds. The van der Waals surface area contributed by atoms with Crippen molar-refractivity contribution in [1.82, 2.24) is 0 Å². The number of rotatable bonds is 6. The maximum Gasteiger partial charge on any atom is 0.126 e. The van der Waals surface area contributed by atoms with Crippen molar-refractivity contribution in [1.29, 1.82) is 0 Å². The predicted octanol–water partition coefficient (Wildman–Crippen LogP) is 4.83. The van der Waals surface area contributed by atoms with Gasteiger partial charge >= 0.3 is 0 Å². The van der Waals surface area contributed by atoms with Crippen LogP contribution in [0.4, 0.5) is 5.69 Å². The van der Waals surface area contributed by atoms with E-state index in [9.17, 15) is 0 Å². The van der Waals surface area contributed by atoms with E-state index in [0.29, 0.717) is 0 Å².